The normalized spacial score (nSPS) is 13.3. The van der Waals surface area contributed by atoms with Gasteiger partial charge in [-0.3, -0.25) is 4.90 Å². The van der Waals surface area contributed by atoms with E-state index in [1.807, 2.05) is 0 Å². The van der Waals surface area contributed by atoms with Gasteiger partial charge in [-0.25, -0.2) is 4.39 Å². The molecule has 0 amide bonds. The Balaban J connectivity index is 2.99. The summed E-state index contributed by atoms with van der Waals surface area (Å²) in [5.74, 6) is 0.245. The van der Waals surface area contributed by atoms with Gasteiger partial charge in [0.1, 0.15) is 5.82 Å². The average Bonchev–Trinajstić information content (AvgIpc) is 2.30. The van der Waals surface area contributed by atoms with Gasteiger partial charge in [0.05, 0.1) is 0 Å². The van der Waals surface area contributed by atoms with Crippen LogP contribution in [0.5, 0.6) is 0 Å². The highest BCUT2D eigenvalue weighted by Crippen LogP contribution is 2.25. The first kappa shape index (κ1) is 15.4. The first-order chi connectivity index (χ1) is 8.49. The molecule has 0 aromatic heterocycles. The summed E-state index contributed by atoms with van der Waals surface area (Å²) in [6.07, 6.45) is 0. The number of likely N-dealkylation sites (N-methyl/N-ethyl adjacent to an activating group) is 1. The van der Waals surface area contributed by atoms with Gasteiger partial charge < -0.3 is 5.73 Å². The lowest BCUT2D eigenvalue weighted by atomic mass is 10.0. The molecule has 0 fully saturated rings. The van der Waals surface area contributed by atoms with Crippen LogP contribution in [-0.4, -0.2) is 24.5 Å². The third-order valence-corrected chi connectivity index (χ3v) is 3.23. The Morgan fingerprint density at radius 2 is 2.06 bits per heavy atom. The van der Waals surface area contributed by atoms with Crippen LogP contribution < -0.4 is 5.73 Å². The molecule has 2 nitrogen and oxygen atoms in total. The van der Waals surface area contributed by atoms with Gasteiger partial charge in [0.25, 0.3) is 0 Å². The quantitative estimate of drug-likeness (QED) is 0.859. The molecular formula is C14H22ClFN2. The lowest BCUT2D eigenvalue weighted by molar-refractivity contribution is 0.186. The van der Waals surface area contributed by atoms with Crippen molar-refractivity contribution in [3.63, 3.8) is 0 Å². The summed E-state index contributed by atoms with van der Waals surface area (Å²) >= 11 is 5.78. The van der Waals surface area contributed by atoms with Gasteiger partial charge in [-0.2, -0.15) is 0 Å². The molecule has 0 radical (unpaired) electrons. The van der Waals surface area contributed by atoms with Crippen LogP contribution in [0.2, 0.25) is 5.02 Å². The van der Waals surface area contributed by atoms with Crippen molar-refractivity contribution in [3.8, 4) is 0 Å². The van der Waals surface area contributed by atoms with Crippen LogP contribution in [0.25, 0.3) is 0 Å². The molecule has 0 bridgehead atoms. The Morgan fingerprint density at radius 1 is 1.39 bits per heavy atom. The summed E-state index contributed by atoms with van der Waals surface area (Å²) in [5.41, 5.74) is 6.45. The average molecular weight is 273 g/mol. The van der Waals surface area contributed by atoms with Crippen molar-refractivity contribution in [2.45, 2.75) is 26.8 Å². The molecule has 0 saturated heterocycles. The van der Waals surface area contributed by atoms with Gasteiger partial charge in [0.2, 0.25) is 0 Å². The first-order valence-electron chi connectivity index (χ1n) is 6.38. The van der Waals surface area contributed by atoms with E-state index in [4.69, 9.17) is 17.3 Å². The van der Waals surface area contributed by atoms with E-state index in [1.54, 1.807) is 12.1 Å². The summed E-state index contributed by atoms with van der Waals surface area (Å²) in [6, 6.07) is 4.71. The molecule has 4 heteroatoms. The number of hydrogen-bond donors (Lipinski definition) is 1. The Labute approximate surface area is 114 Å². The predicted molar refractivity (Wildman–Crippen MR) is 75.3 cm³/mol. The van der Waals surface area contributed by atoms with Crippen molar-refractivity contribution in [1.29, 1.82) is 0 Å². The van der Waals surface area contributed by atoms with Gasteiger partial charge in [-0.1, -0.05) is 38.4 Å². The standard InChI is InChI=1S/C14H22ClFN2/c1-4-18(9-10(2)3)14(8-17)12-6-5-11(15)7-13(12)16/h5-7,10,14H,4,8-9,17H2,1-3H3. The summed E-state index contributed by atoms with van der Waals surface area (Å²) in [5, 5.41) is 0.416. The van der Waals surface area contributed by atoms with Crippen molar-refractivity contribution in [2.24, 2.45) is 11.7 Å². The Hall–Kier alpha value is -0.640. The molecule has 0 aliphatic carbocycles. The highest BCUT2D eigenvalue weighted by atomic mass is 35.5. The van der Waals surface area contributed by atoms with E-state index in [0.717, 1.165) is 13.1 Å². The highest BCUT2D eigenvalue weighted by molar-refractivity contribution is 6.30. The van der Waals surface area contributed by atoms with Crippen LogP contribution in [0.15, 0.2) is 18.2 Å². The molecule has 0 saturated carbocycles. The van der Waals surface area contributed by atoms with Gasteiger partial charge in [0, 0.05) is 29.7 Å². The monoisotopic (exact) mass is 272 g/mol. The van der Waals surface area contributed by atoms with Crippen LogP contribution in [0, 0.1) is 11.7 Å². The van der Waals surface area contributed by atoms with E-state index in [1.165, 1.54) is 6.07 Å². The van der Waals surface area contributed by atoms with E-state index in [0.29, 0.717) is 23.0 Å². The molecule has 1 aromatic carbocycles. The van der Waals surface area contributed by atoms with Crippen LogP contribution in [0.1, 0.15) is 32.4 Å². The Bertz CT molecular complexity index is 382. The summed E-state index contributed by atoms with van der Waals surface area (Å²) in [4.78, 5) is 2.21. The van der Waals surface area contributed by atoms with Gasteiger partial charge in [-0.15, -0.1) is 0 Å². The minimum Gasteiger partial charge on any atom is -0.329 e. The number of halogens is 2. The zero-order chi connectivity index (χ0) is 13.7. The highest BCUT2D eigenvalue weighted by Gasteiger charge is 2.21. The number of nitrogens with two attached hydrogens (primary N) is 1. The minimum absolute atomic E-state index is 0.0883. The fourth-order valence-electron chi connectivity index (χ4n) is 2.19. The maximum absolute atomic E-state index is 14.0. The molecule has 1 aromatic rings. The summed E-state index contributed by atoms with van der Waals surface area (Å²) < 4.78 is 14.0. The molecule has 1 atom stereocenters. The smallest absolute Gasteiger partial charge is 0.129 e. The Kier molecular flexibility index (Phi) is 6.06. The summed E-state index contributed by atoms with van der Waals surface area (Å²) in [6.45, 7) is 8.52. The SMILES string of the molecule is CCN(CC(C)C)C(CN)c1ccc(Cl)cc1F. The topological polar surface area (TPSA) is 29.3 Å². The second-order valence-corrected chi connectivity index (χ2v) is 5.34. The number of hydrogen-bond acceptors (Lipinski definition) is 2. The molecule has 18 heavy (non-hydrogen) atoms. The van der Waals surface area contributed by atoms with Crippen LogP contribution >= 0.6 is 11.6 Å². The third-order valence-electron chi connectivity index (χ3n) is 2.99. The molecule has 0 aliphatic rings. The van der Waals surface area contributed by atoms with E-state index < -0.39 is 0 Å². The van der Waals surface area contributed by atoms with Crippen LogP contribution in [0.3, 0.4) is 0 Å². The van der Waals surface area contributed by atoms with Crippen LogP contribution in [0.4, 0.5) is 4.39 Å². The molecular weight excluding hydrogens is 251 g/mol. The lowest BCUT2D eigenvalue weighted by Crippen LogP contribution is -2.36. The molecule has 102 valence electrons. The zero-order valence-electron chi connectivity index (χ0n) is 11.3. The summed E-state index contributed by atoms with van der Waals surface area (Å²) in [7, 11) is 0. The van der Waals surface area contributed by atoms with Crippen LogP contribution in [-0.2, 0) is 0 Å². The van der Waals surface area contributed by atoms with E-state index in [9.17, 15) is 4.39 Å². The van der Waals surface area contributed by atoms with Gasteiger partial charge >= 0.3 is 0 Å². The maximum atomic E-state index is 14.0. The van der Waals surface area contributed by atoms with Crippen molar-refractivity contribution >= 4 is 11.6 Å². The third kappa shape index (κ3) is 3.94. The Morgan fingerprint density at radius 3 is 2.50 bits per heavy atom. The number of rotatable bonds is 6. The minimum atomic E-state index is -0.278. The van der Waals surface area contributed by atoms with Crippen molar-refractivity contribution < 1.29 is 4.39 Å². The predicted octanol–water partition coefficient (Wildman–Crippen LogP) is 3.46. The zero-order valence-corrected chi connectivity index (χ0v) is 12.0. The number of benzene rings is 1. The molecule has 2 N–H and O–H groups in total. The fourth-order valence-corrected chi connectivity index (χ4v) is 2.35. The van der Waals surface area contributed by atoms with Gasteiger partial charge in [-0.05, 0) is 24.6 Å². The van der Waals surface area contributed by atoms with Crippen molar-refractivity contribution in [2.75, 3.05) is 19.6 Å². The first-order valence-corrected chi connectivity index (χ1v) is 6.76. The van der Waals surface area contributed by atoms with Crippen molar-refractivity contribution in [1.82, 2.24) is 4.90 Å². The number of nitrogens with zero attached hydrogens (tertiary/aromatic N) is 1. The molecule has 1 unspecified atom stereocenters. The molecule has 0 spiro atoms. The van der Waals surface area contributed by atoms with E-state index >= 15 is 0 Å². The second-order valence-electron chi connectivity index (χ2n) is 4.90. The van der Waals surface area contributed by atoms with Crippen molar-refractivity contribution in [3.05, 3.63) is 34.6 Å². The fraction of sp³-hybridized carbons (Fsp3) is 0.571. The van der Waals surface area contributed by atoms with E-state index in [-0.39, 0.29) is 11.9 Å². The van der Waals surface area contributed by atoms with Gasteiger partial charge in [0.15, 0.2) is 0 Å². The lowest BCUT2D eigenvalue weighted by Gasteiger charge is -2.31. The molecule has 0 heterocycles. The van der Waals surface area contributed by atoms with E-state index in [2.05, 4.69) is 25.7 Å². The maximum Gasteiger partial charge on any atom is 0.129 e. The molecule has 0 aliphatic heterocycles. The largest absolute Gasteiger partial charge is 0.329 e. The second kappa shape index (κ2) is 7.07. The molecule has 1 rings (SSSR count).